The van der Waals surface area contributed by atoms with E-state index >= 15 is 0 Å². The smallest absolute Gasteiger partial charge is 0.257 e. The van der Waals surface area contributed by atoms with E-state index in [1.54, 1.807) is 11.2 Å². The number of ketones is 1. The molecule has 0 bridgehead atoms. The number of allylic oxidation sites excluding steroid dienone is 3. The van der Waals surface area contributed by atoms with Gasteiger partial charge in [-0.05, 0) is 43.9 Å². The third-order valence-electron chi connectivity index (χ3n) is 5.53. The van der Waals surface area contributed by atoms with Crippen molar-refractivity contribution in [1.82, 2.24) is 0 Å². The van der Waals surface area contributed by atoms with E-state index in [4.69, 9.17) is 4.74 Å². The summed E-state index contributed by atoms with van der Waals surface area (Å²) < 4.78 is 6.02. The molecule has 2 aliphatic carbocycles. The molecule has 1 aliphatic heterocycles. The van der Waals surface area contributed by atoms with Crippen molar-refractivity contribution < 1.29 is 14.3 Å². The highest BCUT2D eigenvalue weighted by Crippen LogP contribution is 2.42. The minimum atomic E-state index is -0.497. The molecule has 1 amide bonds. The third kappa shape index (κ3) is 2.53. The van der Waals surface area contributed by atoms with Gasteiger partial charge in [-0.3, -0.25) is 14.5 Å². The Morgan fingerprint density at radius 2 is 1.92 bits per heavy atom. The average Bonchev–Trinajstić information content (AvgIpc) is 3.24. The first-order valence-corrected chi connectivity index (χ1v) is 8.69. The summed E-state index contributed by atoms with van der Waals surface area (Å²) in [5, 5.41) is 0. The van der Waals surface area contributed by atoms with Crippen LogP contribution in [-0.4, -0.2) is 17.9 Å². The maximum atomic E-state index is 12.7. The normalized spacial score (nSPS) is 29.9. The van der Waals surface area contributed by atoms with E-state index in [0.717, 1.165) is 23.3 Å². The van der Waals surface area contributed by atoms with Gasteiger partial charge in [-0.15, -0.1) is 0 Å². The summed E-state index contributed by atoms with van der Waals surface area (Å²) in [5.74, 6) is 0.662. The van der Waals surface area contributed by atoms with E-state index in [-0.39, 0.29) is 17.6 Å². The Bertz CT molecular complexity index is 819. The molecule has 1 heterocycles. The van der Waals surface area contributed by atoms with Crippen molar-refractivity contribution in [2.75, 3.05) is 4.90 Å². The highest BCUT2D eigenvalue weighted by atomic mass is 16.5. The fourth-order valence-corrected chi connectivity index (χ4v) is 3.95. The number of amides is 1. The predicted molar refractivity (Wildman–Crippen MR) is 95.6 cm³/mol. The minimum Gasteiger partial charge on any atom is -0.473 e. The Morgan fingerprint density at radius 3 is 2.68 bits per heavy atom. The minimum absolute atomic E-state index is 0.0507. The highest BCUT2D eigenvalue weighted by molar-refractivity contribution is 6.09. The first-order chi connectivity index (χ1) is 12.1. The van der Waals surface area contributed by atoms with Gasteiger partial charge in [0.25, 0.3) is 5.91 Å². The maximum Gasteiger partial charge on any atom is 0.257 e. The van der Waals surface area contributed by atoms with Gasteiger partial charge >= 0.3 is 0 Å². The SMILES string of the molecule is CC1=C(C)C(O/C=C2/C(=O)CC3C=CCC23)N(c2ccccc2)C1=O. The molecule has 0 radical (unpaired) electrons. The van der Waals surface area contributed by atoms with Crippen molar-refractivity contribution >= 4 is 17.4 Å². The van der Waals surface area contributed by atoms with Gasteiger partial charge < -0.3 is 4.74 Å². The second-order valence-electron chi connectivity index (χ2n) is 6.94. The molecule has 1 fully saturated rings. The van der Waals surface area contributed by atoms with E-state index in [2.05, 4.69) is 12.2 Å². The van der Waals surface area contributed by atoms with Gasteiger partial charge in [0.15, 0.2) is 5.78 Å². The van der Waals surface area contributed by atoms with Crippen LogP contribution in [0, 0.1) is 11.8 Å². The number of nitrogens with zero attached hydrogens (tertiary/aromatic N) is 1. The molecule has 128 valence electrons. The molecule has 1 aromatic carbocycles. The lowest BCUT2D eigenvalue weighted by molar-refractivity contribution is -0.115. The van der Waals surface area contributed by atoms with Crippen LogP contribution in [0.5, 0.6) is 0 Å². The second kappa shape index (κ2) is 6.03. The molecule has 3 unspecified atom stereocenters. The van der Waals surface area contributed by atoms with Crippen molar-refractivity contribution in [3.8, 4) is 0 Å². The summed E-state index contributed by atoms with van der Waals surface area (Å²) in [6.45, 7) is 3.73. The van der Waals surface area contributed by atoms with Crippen LogP contribution in [0.3, 0.4) is 0 Å². The monoisotopic (exact) mass is 335 g/mol. The zero-order valence-corrected chi connectivity index (χ0v) is 14.4. The van der Waals surface area contributed by atoms with Crippen LogP contribution in [0.15, 0.2) is 65.5 Å². The number of carbonyl (C=O) groups is 2. The van der Waals surface area contributed by atoms with Gasteiger partial charge in [0, 0.05) is 29.2 Å². The second-order valence-corrected chi connectivity index (χ2v) is 6.94. The largest absolute Gasteiger partial charge is 0.473 e. The summed E-state index contributed by atoms with van der Waals surface area (Å²) in [7, 11) is 0. The fraction of sp³-hybridized carbons (Fsp3) is 0.333. The summed E-state index contributed by atoms with van der Waals surface area (Å²) >= 11 is 0. The molecule has 4 nitrogen and oxygen atoms in total. The molecule has 0 saturated heterocycles. The van der Waals surface area contributed by atoms with Crippen LogP contribution in [0.4, 0.5) is 5.69 Å². The summed E-state index contributed by atoms with van der Waals surface area (Å²) in [6, 6.07) is 9.50. The van der Waals surface area contributed by atoms with Crippen LogP contribution in [-0.2, 0) is 14.3 Å². The Labute approximate surface area is 147 Å². The molecule has 3 atom stereocenters. The standard InChI is InChI=1S/C21H21NO3/c1-13-14(2)21(22(20(13)24)16-8-4-3-5-9-16)25-12-18-17-10-6-7-15(17)11-19(18)23/h3-9,12,15,17,21H,10-11H2,1-2H3/b18-12+. The van der Waals surface area contributed by atoms with E-state index in [1.807, 2.05) is 44.2 Å². The molecule has 3 aliphatic rings. The van der Waals surface area contributed by atoms with Crippen LogP contribution < -0.4 is 4.90 Å². The predicted octanol–water partition coefficient (Wildman–Crippen LogP) is 3.76. The van der Waals surface area contributed by atoms with E-state index in [1.165, 1.54) is 0 Å². The Hall–Kier alpha value is -2.62. The van der Waals surface area contributed by atoms with E-state index in [0.29, 0.717) is 17.9 Å². The fourth-order valence-electron chi connectivity index (χ4n) is 3.95. The zero-order valence-electron chi connectivity index (χ0n) is 14.4. The Balaban J connectivity index is 1.62. The number of hydrogen-bond acceptors (Lipinski definition) is 3. The number of carbonyl (C=O) groups excluding carboxylic acids is 2. The molecule has 4 heteroatoms. The van der Waals surface area contributed by atoms with Gasteiger partial charge in [0.1, 0.15) is 0 Å². The van der Waals surface area contributed by atoms with Crippen molar-refractivity contribution in [3.05, 3.63) is 65.5 Å². The number of hydrogen-bond donors (Lipinski definition) is 0. The lowest BCUT2D eigenvalue weighted by atomic mass is 9.97. The highest BCUT2D eigenvalue weighted by Gasteiger charge is 2.40. The van der Waals surface area contributed by atoms with Crippen molar-refractivity contribution in [3.63, 3.8) is 0 Å². The van der Waals surface area contributed by atoms with E-state index in [9.17, 15) is 9.59 Å². The molecule has 1 aromatic rings. The van der Waals surface area contributed by atoms with Crippen LogP contribution in [0.1, 0.15) is 26.7 Å². The molecule has 4 rings (SSSR count). The molecular formula is C21H21NO3. The quantitative estimate of drug-likeness (QED) is 0.480. The lowest BCUT2D eigenvalue weighted by Gasteiger charge is -2.26. The zero-order chi connectivity index (χ0) is 17.6. The summed E-state index contributed by atoms with van der Waals surface area (Å²) in [6.07, 6.45) is 6.84. The van der Waals surface area contributed by atoms with Crippen molar-refractivity contribution in [2.45, 2.75) is 32.9 Å². The first kappa shape index (κ1) is 15.9. The average molecular weight is 335 g/mol. The molecule has 0 aromatic heterocycles. The Morgan fingerprint density at radius 1 is 1.16 bits per heavy atom. The number of fused-ring (bicyclic) bond motifs is 1. The van der Waals surface area contributed by atoms with Gasteiger partial charge in [-0.1, -0.05) is 30.4 Å². The third-order valence-corrected chi connectivity index (χ3v) is 5.53. The number of rotatable bonds is 3. The van der Waals surface area contributed by atoms with Crippen LogP contribution in [0.25, 0.3) is 0 Å². The summed E-state index contributed by atoms with van der Waals surface area (Å²) in [5.41, 5.74) is 3.14. The number of Topliss-reactive ketones (excluding diaryl/α,β-unsaturated/α-hetero) is 1. The first-order valence-electron chi connectivity index (χ1n) is 8.69. The number of anilines is 1. The topological polar surface area (TPSA) is 46.6 Å². The maximum absolute atomic E-state index is 12.7. The van der Waals surface area contributed by atoms with Crippen LogP contribution in [0.2, 0.25) is 0 Å². The van der Waals surface area contributed by atoms with Crippen molar-refractivity contribution in [2.24, 2.45) is 11.8 Å². The van der Waals surface area contributed by atoms with Gasteiger partial charge in [0.2, 0.25) is 6.23 Å². The summed E-state index contributed by atoms with van der Waals surface area (Å²) in [4.78, 5) is 26.6. The van der Waals surface area contributed by atoms with Gasteiger partial charge in [-0.2, -0.15) is 0 Å². The van der Waals surface area contributed by atoms with Gasteiger partial charge in [-0.25, -0.2) is 0 Å². The molecular weight excluding hydrogens is 314 g/mol. The number of benzene rings is 1. The van der Waals surface area contributed by atoms with E-state index < -0.39 is 6.23 Å². The number of para-hydroxylation sites is 1. The molecule has 0 spiro atoms. The Kier molecular flexibility index (Phi) is 3.83. The lowest BCUT2D eigenvalue weighted by Crippen LogP contribution is -2.36. The molecule has 1 saturated carbocycles. The number of ether oxygens (including phenoxy) is 1. The molecule has 0 N–H and O–H groups in total. The molecule has 25 heavy (non-hydrogen) atoms. The van der Waals surface area contributed by atoms with Crippen LogP contribution >= 0.6 is 0 Å². The van der Waals surface area contributed by atoms with Gasteiger partial charge in [0.05, 0.1) is 6.26 Å². The van der Waals surface area contributed by atoms with Crippen molar-refractivity contribution in [1.29, 1.82) is 0 Å².